The lowest BCUT2D eigenvalue weighted by molar-refractivity contribution is 0.0800. The number of nitrogens with zero attached hydrogens (tertiary/aromatic N) is 1. The predicted molar refractivity (Wildman–Crippen MR) is 112 cm³/mol. The number of aryl methyl sites for hydroxylation is 3. The second-order valence-electron chi connectivity index (χ2n) is 8.12. The Morgan fingerprint density at radius 2 is 1.76 bits per heavy atom. The number of carbonyl (C=O) groups excluding carboxylic acids is 2. The number of furan rings is 1. The summed E-state index contributed by atoms with van der Waals surface area (Å²) in [5.41, 5.74) is 7.04. The number of hydrogen-bond donors (Lipinski definition) is 2. The van der Waals surface area contributed by atoms with Gasteiger partial charge in [-0.15, -0.1) is 0 Å². The first-order valence-corrected chi connectivity index (χ1v) is 11.2. The lowest BCUT2D eigenvalue weighted by Gasteiger charge is -2.16. The van der Waals surface area contributed by atoms with Gasteiger partial charge in [-0.2, -0.15) is 0 Å². The number of rotatable bonds is 3. The number of anilines is 1. The van der Waals surface area contributed by atoms with E-state index in [0.29, 0.717) is 16.4 Å². The van der Waals surface area contributed by atoms with Gasteiger partial charge in [-0.3, -0.25) is 9.52 Å². The average molecular weight is 412 g/mol. The third kappa shape index (κ3) is 3.41. The van der Waals surface area contributed by atoms with Gasteiger partial charge in [-0.05, 0) is 67.2 Å². The number of hydrogen-bond acceptors (Lipinski definition) is 4. The van der Waals surface area contributed by atoms with Crippen LogP contribution in [-0.2, 0) is 32.1 Å². The van der Waals surface area contributed by atoms with Gasteiger partial charge in [-0.25, -0.2) is 4.79 Å². The van der Waals surface area contributed by atoms with Crippen LogP contribution in [0.15, 0.2) is 21.6 Å². The summed E-state index contributed by atoms with van der Waals surface area (Å²) in [5, 5.41) is 3.65. The highest BCUT2D eigenvalue weighted by molar-refractivity contribution is 7.97. The van der Waals surface area contributed by atoms with Crippen molar-refractivity contribution in [1.82, 2.24) is 9.62 Å². The molecule has 3 aliphatic rings. The Kier molecular flexibility index (Phi) is 4.78. The van der Waals surface area contributed by atoms with Crippen LogP contribution in [-0.4, -0.2) is 30.4 Å². The number of nitrogens with one attached hydrogen (secondary N) is 2. The topological polar surface area (TPSA) is 74.6 Å². The van der Waals surface area contributed by atoms with E-state index in [1.807, 2.05) is 0 Å². The summed E-state index contributed by atoms with van der Waals surface area (Å²) >= 11 is 1.12. The summed E-state index contributed by atoms with van der Waals surface area (Å²) in [6.45, 7) is 0.734. The standard InChI is InChI=1S/C22H25N3O3S/c1-25-10-4-9-18-17(21(25)26)12-19(28-18)29-24-22(27)23-20-15-7-2-5-13(15)11-14-6-3-8-16(14)20/h11-12H,2-10H2,1H3,(H2,23,24,27). The zero-order chi connectivity index (χ0) is 20.0. The summed E-state index contributed by atoms with van der Waals surface area (Å²) in [4.78, 5) is 26.8. The number of amides is 3. The fraction of sp³-hybridized carbons (Fsp3) is 0.455. The van der Waals surface area contributed by atoms with Crippen LogP contribution in [0.3, 0.4) is 0 Å². The van der Waals surface area contributed by atoms with Crippen molar-refractivity contribution in [2.24, 2.45) is 0 Å². The highest BCUT2D eigenvalue weighted by Gasteiger charge is 2.26. The first-order chi connectivity index (χ1) is 14.1. The van der Waals surface area contributed by atoms with Crippen LogP contribution in [0.2, 0.25) is 0 Å². The van der Waals surface area contributed by atoms with Gasteiger partial charge in [0.25, 0.3) is 5.91 Å². The van der Waals surface area contributed by atoms with E-state index in [2.05, 4.69) is 16.1 Å². The van der Waals surface area contributed by atoms with Gasteiger partial charge in [0.1, 0.15) is 5.76 Å². The zero-order valence-corrected chi connectivity index (χ0v) is 17.4. The first kappa shape index (κ1) is 18.6. The van der Waals surface area contributed by atoms with Crippen molar-refractivity contribution in [2.45, 2.75) is 56.5 Å². The van der Waals surface area contributed by atoms with E-state index in [-0.39, 0.29) is 11.9 Å². The largest absolute Gasteiger partial charge is 0.452 e. The molecule has 2 heterocycles. The van der Waals surface area contributed by atoms with Gasteiger partial charge in [0.05, 0.1) is 5.56 Å². The minimum Gasteiger partial charge on any atom is -0.452 e. The molecule has 3 amide bonds. The molecule has 0 radical (unpaired) electrons. The summed E-state index contributed by atoms with van der Waals surface area (Å²) in [5.74, 6) is 0.690. The maximum Gasteiger partial charge on any atom is 0.329 e. The molecule has 0 atom stereocenters. The van der Waals surface area contributed by atoms with Crippen molar-refractivity contribution < 1.29 is 14.0 Å². The molecule has 0 fully saturated rings. The van der Waals surface area contributed by atoms with E-state index in [0.717, 1.165) is 75.5 Å². The maximum atomic E-state index is 12.6. The highest BCUT2D eigenvalue weighted by atomic mass is 32.2. The van der Waals surface area contributed by atoms with Crippen molar-refractivity contribution in [2.75, 3.05) is 18.9 Å². The molecule has 5 rings (SSSR count). The second-order valence-corrected chi connectivity index (χ2v) is 8.94. The second kappa shape index (κ2) is 7.44. The van der Waals surface area contributed by atoms with E-state index in [1.165, 1.54) is 22.3 Å². The lowest BCUT2D eigenvalue weighted by atomic mass is 9.99. The molecule has 0 bridgehead atoms. The Morgan fingerprint density at radius 3 is 2.48 bits per heavy atom. The minimum absolute atomic E-state index is 0.0204. The van der Waals surface area contributed by atoms with Crippen LogP contribution in [0.4, 0.5) is 10.5 Å². The SMILES string of the molecule is CN1CCCc2oc(SNC(=O)Nc3c4c(cc5c3CCC5)CCC4)cc2C1=O. The summed E-state index contributed by atoms with van der Waals surface area (Å²) in [7, 11) is 1.81. The van der Waals surface area contributed by atoms with Gasteiger partial charge < -0.3 is 14.6 Å². The number of urea groups is 1. The van der Waals surface area contributed by atoms with Crippen LogP contribution in [0.25, 0.3) is 0 Å². The molecule has 1 aromatic carbocycles. The molecular weight excluding hydrogens is 386 g/mol. The highest BCUT2D eigenvalue weighted by Crippen LogP contribution is 2.38. The molecule has 2 aromatic rings. The van der Waals surface area contributed by atoms with Crippen LogP contribution in [0.1, 0.15) is 57.6 Å². The fourth-order valence-electron chi connectivity index (χ4n) is 4.81. The van der Waals surface area contributed by atoms with E-state index < -0.39 is 0 Å². The molecule has 0 saturated carbocycles. The summed E-state index contributed by atoms with van der Waals surface area (Å²) < 4.78 is 8.66. The molecular formula is C22H25N3O3S. The molecule has 7 heteroatoms. The average Bonchev–Trinajstić information content (AvgIpc) is 3.43. The van der Waals surface area contributed by atoms with Crippen molar-refractivity contribution in [3.05, 3.63) is 45.7 Å². The van der Waals surface area contributed by atoms with Crippen LogP contribution in [0, 0.1) is 0 Å². The van der Waals surface area contributed by atoms with Crippen molar-refractivity contribution >= 4 is 29.6 Å². The van der Waals surface area contributed by atoms with Crippen molar-refractivity contribution in [3.8, 4) is 0 Å². The minimum atomic E-state index is -0.251. The Hall–Kier alpha value is -2.41. The van der Waals surface area contributed by atoms with Crippen molar-refractivity contribution in [3.63, 3.8) is 0 Å². The summed E-state index contributed by atoms with van der Waals surface area (Å²) in [6.07, 6.45) is 8.21. The third-order valence-electron chi connectivity index (χ3n) is 6.22. The van der Waals surface area contributed by atoms with Gasteiger partial charge in [-0.1, -0.05) is 6.07 Å². The quantitative estimate of drug-likeness (QED) is 0.746. The van der Waals surface area contributed by atoms with E-state index in [4.69, 9.17) is 4.42 Å². The van der Waals surface area contributed by atoms with E-state index in [1.54, 1.807) is 18.0 Å². The van der Waals surface area contributed by atoms with Gasteiger partial charge in [0, 0.05) is 43.7 Å². The number of fused-ring (bicyclic) bond motifs is 3. The van der Waals surface area contributed by atoms with Crippen molar-refractivity contribution in [1.29, 1.82) is 0 Å². The van der Waals surface area contributed by atoms with E-state index in [9.17, 15) is 9.59 Å². The van der Waals surface area contributed by atoms with Crippen LogP contribution < -0.4 is 10.0 Å². The Balaban J connectivity index is 1.29. The Labute approximate surface area is 174 Å². The monoisotopic (exact) mass is 411 g/mol. The van der Waals surface area contributed by atoms with Gasteiger partial charge >= 0.3 is 6.03 Å². The van der Waals surface area contributed by atoms with Gasteiger partial charge in [0.15, 0.2) is 5.09 Å². The molecule has 0 unspecified atom stereocenters. The molecule has 1 aliphatic heterocycles. The smallest absolute Gasteiger partial charge is 0.329 e. The van der Waals surface area contributed by atoms with Crippen LogP contribution >= 0.6 is 11.9 Å². The molecule has 0 spiro atoms. The number of carbonyl (C=O) groups is 2. The molecule has 6 nitrogen and oxygen atoms in total. The predicted octanol–water partition coefficient (Wildman–Crippen LogP) is 4.10. The first-order valence-electron chi connectivity index (χ1n) is 10.4. The normalized spacial score (nSPS) is 17.6. The fourth-order valence-corrected chi connectivity index (χ4v) is 5.37. The third-order valence-corrected chi connectivity index (χ3v) is 6.91. The number of benzene rings is 1. The van der Waals surface area contributed by atoms with Gasteiger partial charge in [0.2, 0.25) is 0 Å². The van der Waals surface area contributed by atoms with Crippen LogP contribution in [0.5, 0.6) is 0 Å². The summed E-state index contributed by atoms with van der Waals surface area (Å²) in [6, 6.07) is 3.84. The maximum absolute atomic E-state index is 12.6. The Bertz CT molecular complexity index is 965. The molecule has 2 N–H and O–H groups in total. The Morgan fingerprint density at radius 1 is 1.03 bits per heavy atom. The molecule has 2 aliphatic carbocycles. The molecule has 29 heavy (non-hydrogen) atoms. The molecule has 1 aromatic heterocycles. The zero-order valence-electron chi connectivity index (χ0n) is 16.6. The molecule has 0 saturated heterocycles. The lowest BCUT2D eigenvalue weighted by Crippen LogP contribution is -2.26. The molecule has 152 valence electrons. The van der Waals surface area contributed by atoms with E-state index >= 15 is 0 Å².